The SMILES string of the molecule is O=C(O)COC1C=CC2=C(Cc3ccccc3S2)C1=O. The zero-order valence-corrected chi connectivity index (χ0v) is 11.4. The average molecular weight is 288 g/mol. The van der Waals surface area contributed by atoms with E-state index in [4.69, 9.17) is 9.84 Å². The molecule has 2 aliphatic rings. The maximum Gasteiger partial charge on any atom is 0.329 e. The standard InChI is InChI=1S/C15H12O4S/c16-14(17)8-19-11-5-6-13-10(15(11)18)7-9-3-1-2-4-12(9)20-13/h1-6,11H,7-8H2,(H,16,17). The summed E-state index contributed by atoms with van der Waals surface area (Å²) in [6, 6.07) is 7.97. The van der Waals surface area contributed by atoms with Crippen LogP contribution < -0.4 is 0 Å². The van der Waals surface area contributed by atoms with Gasteiger partial charge in [0.15, 0.2) is 5.78 Å². The van der Waals surface area contributed by atoms with Crippen molar-refractivity contribution in [1.29, 1.82) is 0 Å². The van der Waals surface area contributed by atoms with Gasteiger partial charge in [-0.3, -0.25) is 4.79 Å². The van der Waals surface area contributed by atoms with E-state index in [1.807, 2.05) is 30.3 Å². The normalized spacial score (nSPS) is 20.6. The number of hydrogen-bond acceptors (Lipinski definition) is 4. The Labute approximate surface area is 120 Å². The van der Waals surface area contributed by atoms with E-state index in [1.165, 1.54) is 0 Å². The maximum atomic E-state index is 12.3. The highest BCUT2D eigenvalue weighted by molar-refractivity contribution is 8.03. The van der Waals surface area contributed by atoms with Crippen LogP contribution in [0.2, 0.25) is 0 Å². The van der Waals surface area contributed by atoms with Gasteiger partial charge in [-0.15, -0.1) is 0 Å². The van der Waals surface area contributed by atoms with Crippen LogP contribution in [0, 0.1) is 0 Å². The van der Waals surface area contributed by atoms with Crippen LogP contribution in [0.25, 0.3) is 0 Å². The molecule has 1 aromatic rings. The van der Waals surface area contributed by atoms with Gasteiger partial charge >= 0.3 is 5.97 Å². The van der Waals surface area contributed by atoms with Crippen molar-refractivity contribution in [2.75, 3.05) is 6.61 Å². The summed E-state index contributed by atoms with van der Waals surface area (Å²) >= 11 is 1.57. The van der Waals surface area contributed by atoms with E-state index in [0.29, 0.717) is 12.0 Å². The minimum Gasteiger partial charge on any atom is -0.480 e. The molecule has 1 atom stereocenters. The van der Waals surface area contributed by atoms with Crippen LogP contribution in [0.4, 0.5) is 0 Å². The molecule has 1 N–H and O–H groups in total. The van der Waals surface area contributed by atoms with Crippen molar-refractivity contribution in [2.45, 2.75) is 17.4 Å². The van der Waals surface area contributed by atoms with Crippen molar-refractivity contribution >= 4 is 23.5 Å². The Balaban J connectivity index is 1.82. The highest BCUT2D eigenvalue weighted by Crippen LogP contribution is 2.41. The fourth-order valence-corrected chi connectivity index (χ4v) is 3.37. The van der Waals surface area contributed by atoms with Gasteiger partial charge in [0, 0.05) is 21.8 Å². The minimum atomic E-state index is -1.07. The highest BCUT2D eigenvalue weighted by Gasteiger charge is 2.30. The largest absolute Gasteiger partial charge is 0.480 e. The van der Waals surface area contributed by atoms with Crippen molar-refractivity contribution < 1.29 is 19.4 Å². The van der Waals surface area contributed by atoms with Crippen LogP contribution in [-0.2, 0) is 20.7 Å². The second-order valence-electron chi connectivity index (χ2n) is 4.58. The van der Waals surface area contributed by atoms with Gasteiger partial charge in [0.2, 0.25) is 0 Å². The molecule has 0 fully saturated rings. The second kappa shape index (κ2) is 5.26. The van der Waals surface area contributed by atoms with Crippen LogP contribution in [-0.4, -0.2) is 29.6 Å². The molecule has 4 nitrogen and oxygen atoms in total. The molecule has 1 aromatic carbocycles. The van der Waals surface area contributed by atoms with E-state index in [-0.39, 0.29) is 5.78 Å². The predicted octanol–water partition coefficient (Wildman–Crippen LogP) is 2.20. The number of allylic oxidation sites excluding steroid dienone is 1. The van der Waals surface area contributed by atoms with E-state index < -0.39 is 18.7 Å². The number of Topliss-reactive ketones (excluding diaryl/α,β-unsaturated/α-hetero) is 1. The lowest BCUT2D eigenvalue weighted by atomic mass is 9.94. The van der Waals surface area contributed by atoms with E-state index >= 15 is 0 Å². The molecule has 102 valence electrons. The Hall–Kier alpha value is -1.85. The summed E-state index contributed by atoms with van der Waals surface area (Å²) in [7, 11) is 0. The zero-order chi connectivity index (χ0) is 14.1. The summed E-state index contributed by atoms with van der Waals surface area (Å²) in [4.78, 5) is 25.0. The molecule has 0 radical (unpaired) electrons. The molecular formula is C15H12O4S. The number of rotatable bonds is 3. The van der Waals surface area contributed by atoms with Gasteiger partial charge in [0.25, 0.3) is 0 Å². The summed E-state index contributed by atoms with van der Waals surface area (Å²) in [6.07, 6.45) is 3.28. The molecule has 1 heterocycles. The maximum absolute atomic E-state index is 12.3. The van der Waals surface area contributed by atoms with Crippen LogP contribution >= 0.6 is 11.8 Å². The average Bonchev–Trinajstić information content (AvgIpc) is 2.45. The van der Waals surface area contributed by atoms with Gasteiger partial charge in [0.1, 0.15) is 12.7 Å². The third-order valence-electron chi connectivity index (χ3n) is 3.22. The molecule has 3 rings (SSSR count). The Morgan fingerprint density at radius 3 is 3.00 bits per heavy atom. The van der Waals surface area contributed by atoms with Crippen molar-refractivity contribution in [3.8, 4) is 0 Å². The topological polar surface area (TPSA) is 63.6 Å². The summed E-state index contributed by atoms with van der Waals surface area (Å²) in [5.74, 6) is -1.21. The molecule has 1 aliphatic carbocycles. The monoisotopic (exact) mass is 288 g/mol. The summed E-state index contributed by atoms with van der Waals surface area (Å²) in [6.45, 7) is -0.465. The van der Waals surface area contributed by atoms with Gasteiger partial charge < -0.3 is 9.84 Å². The molecule has 0 aromatic heterocycles. The highest BCUT2D eigenvalue weighted by atomic mass is 32.2. The molecule has 0 amide bonds. The van der Waals surface area contributed by atoms with Gasteiger partial charge in [-0.1, -0.05) is 30.0 Å². The Morgan fingerprint density at radius 2 is 2.20 bits per heavy atom. The van der Waals surface area contributed by atoms with Gasteiger partial charge in [-0.25, -0.2) is 4.79 Å². The fraction of sp³-hybridized carbons (Fsp3) is 0.200. The Morgan fingerprint density at radius 1 is 1.40 bits per heavy atom. The lowest BCUT2D eigenvalue weighted by Gasteiger charge is -2.25. The Bertz CT molecular complexity index is 645. The minimum absolute atomic E-state index is 0.134. The number of fused-ring (bicyclic) bond motifs is 1. The van der Waals surface area contributed by atoms with Gasteiger partial charge in [-0.05, 0) is 23.8 Å². The molecule has 0 saturated carbocycles. The molecule has 0 saturated heterocycles. The van der Waals surface area contributed by atoms with Crippen LogP contribution in [0.1, 0.15) is 5.56 Å². The molecule has 1 unspecified atom stereocenters. The van der Waals surface area contributed by atoms with Crippen molar-refractivity contribution in [1.82, 2.24) is 0 Å². The first-order valence-electron chi connectivity index (χ1n) is 6.20. The number of benzene rings is 1. The van der Waals surface area contributed by atoms with Crippen molar-refractivity contribution in [3.05, 3.63) is 52.5 Å². The first-order valence-corrected chi connectivity index (χ1v) is 7.01. The number of hydrogen-bond donors (Lipinski definition) is 1. The molecule has 1 aliphatic heterocycles. The van der Waals surface area contributed by atoms with E-state index in [1.54, 1.807) is 17.8 Å². The van der Waals surface area contributed by atoms with E-state index in [2.05, 4.69) is 0 Å². The first kappa shape index (κ1) is 13.1. The molecule has 0 bridgehead atoms. The van der Waals surface area contributed by atoms with Crippen molar-refractivity contribution in [2.24, 2.45) is 0 Å². The summed E-state index contributed by atoms with van der Waals surface area (Å²) < 4.78 is 5.11. The number of thioether (sulfide) groups is 1. The smallest absolute Gasteiger partial charge is 0.329 e. The quantitative estimate of drug-likeness (QED) is 0.923. The predicted molar refractivity (Wildman–Crippen MR) is 74.6 cm³/mol. The zero-order valence-electron chi connectivity index (χ0n) is 10.5. The molecule has 0 spiro atoms. The number of carboxylic acids is 1. The lowest BCUT2D eigenvalue weighted by Crippen LogP contribution is -2.30. The second-order valence-corrected chi connectivity index (χ2v) is 5.66. The third-order valence-corrected chi connectivity index (χ3v) is 4.44. The van der Waals surface area contributed by atoms with Crippen molar-refractivity contribution in [3.63, 3.8) is 0 Å². The number of carboxylic acid groups (broad SMARTS) is 1. The third kappa shape index (κ3) is 2.42. The summed E-state index contributed by atoms with van der Waals surface area (Å²) in [5, 5.41) is 8.62. The molecule has 5 heteroatoms. The summed E-state index contributed by atoms with van der Waals surface area (Å²) in [5.41, 5.74) is 1.84. The number of aliphatic carboxylic acids is 1. The van der Waals surface area contributed by atoms with E-state index in [0.717, 1.165) is 15.4 Å². The number of ketones is 1. The number of carbonyl (C=O) groups excluding carboxylic acids is 1. The van der Waals surface area contributed by atoms with E-state index in [9.17, 15) is 9.59 Å². The lowest BCUT2D eigenvalue weighted by molar-refractivity contribution is -0.145. The first-order chi connectivity index (χ1) is 9.65. The van der Waals surface area contributed by atoms with Gasteiger partial charge in [0.05, 0.1) is 0 Å². The van der Waals surface area contributed by atoms with Crippen LogP contribution in [0.15, 0.2) is 51.8 Å². The van der Waals surface area contributed by atoms with Crippen LogP contribution in [0.3, 0.4) is 0 Å². The van der Waals surface area contributed by atoms with Gasteiger partial charge in [-0.2, -0.15) is 0 Å². The number of carbonyl (C=O) groups is 2. The van der Waals surface area contributed by atoms with Crippen LogP contribution in [0.5, 0.6) is 0 Å². The fourth-order valence-electron chi connectivity index (χ4n) is 2.28. The molecular weight excluding hydrogens is 276 g/mol. The molecule has 20 heavy (non-hydrogen) atoms. The number of ether oxygens (including phenoxy) is 1. The Kier molecular flexibility index (Phi) is 3.46.